The molecule has 12 heavy (non-hydrogen) atoms. The van der Waals surface area contributed by atoms with Gasteiger partial charge < -0.3 is 0 Å². The molecule has 0 spiro atoms. The maximum atomic E-state index is 5.63. The fourth-order valence-electron chi connectivity index (χ4n) is 0.474. The van der Waals surface area contributed by atoms with Crippen LogP contribution in [-0.2, 0) is 0 Å². The maximum absolute atomic E-state index is 5.63. The molecule has 0 saturated carbocycles. The molecule has 0 aromatic heterocycles. The first kappa shape index (κ1) is 14.3. The molecular formula is C4HCl5KN2. The maximum Gasteiger partial charge on any atom is 0.173 e. The average Bonchev–Trinajstić information content (AvgIpc) is 1.97. The second-order valence-corrected chi connectivity index (χ2v) is 3.54. The van der Waals surface area contributed by atoms with Crippen LogP contribution in [0.15, 0.2) is 15.3 Å². The number of rotatable bonds is 0. The molecule has 0 bridgehead atoms. The van der Waals surface area contributed by atoms with Crippen LogP contribution in [0.5, 0.6) is 0 Å². The van der Waals surface area contributed by atoms with E-state index < -0.39 is 5.50 Å². The van der Waals surface area contributed by atoms with E-state index >= 15 is 0 Å². The normalized spacial score (nSPS) is 23.6. The number of hydrogen-bond acceptors (Lipinski definition) is 2. The van der Waals surface area contributed by atoms with Crippen LogP contribution in [0.1, 0.15) is 0 Å². The van der Waals surface area contributed by atoms with Crippen LogP contribution in [0, 0.1) is 0 Å². The van der Waals surface area contributed by atoms with Crippen LogP contribution in [0.4, 0.5) is 0 Å². The van der Waals surface area contributed by atoms with E-state index in [2.05, 4.69) is 4.99 Å². The molecule has 0 amide bonds. The number of halogens is 5. The van der Waals surface area contributed by atoms with Crippen molar-refractivity contribution in [3.05, 3.63) is 10.3 Å². The molecule has 0 saturated heterocycles. The fraction of sp³-hybridized carbons (Fsp3) is 0.250. The van der Waals surface area contributed by atoms with Crippen molar-refractivity contribution in [2.24, 2.45) is 4.99 Å². The molecule has 0 fully saturated rings. The Morgan fingerprint density at radius 3 is 2.25 bits per heavy atom. The molecule has 63 valence electrons. The van der Waals surface area contributed by atoms with Gasteiger partial charge in [0.05, 0.1) is 0 Å². The molecule has 0 aromatic rings. The van der Waals surface area contributed by atoms with E-state index in [1.807, 2.05) is 0 Å². The molecule has 1 heterocycles. The van der Waals surface area contributed by atoms with Crippen LogP contribution in [0.3, 0.4) is 0 Å². The summed E-state index contributed by atoms with van der Waals surface area (Å²) in [7, 11) is 0. The molecule has 1 aliphatic rings. The Hall–Kier alpha value is 2.30. The van der Waals surface area contributed by atoms with Crippen molar-refractivity contribution in [1.82, 2.24) is 4.42 Å². The van der Waals surface area contributed by atoms with Crippen LogP contribution >= 0.6 is 58.2 Å². The van der Waals surface area contributed by atoms with E-state index in [9.17, 15) is 0 Å². The Kier molecular flexibility index (Phi) is 7.15. The number of alkyl halides is 1. The van der Waals surface area contributed by atoms with Crippen molar-refractivity contribution in [2.75, 3.05) is 0 Å². The minimum Gasteiger partial charge on any atom is -0.247 e. The van der Waals surface area contributed by atoms with Gasteiger partial charge in [0.25, 0.3) is 0 Å². The van der Waals surface area contributed by atoms with Crippen molar-refractivity contribution in [2.45, 2.75) is 5.50 Å². The van der Waals surface area contributed by atoms with Gasteiger partial charge in [-0.15, -0.1) is 0 Å². The van der Waals surface area contributed by atoms with Crippen LogP contribution in [-0.4, -0.2) is 66.5 Å². The Morgan fingerprint density at radius 1 is 1.25 bits per heavy atom. The molecule has 0 aliphatic carbocycles. The molecule has 1 atom stereocenters. The van der Waals surface area contributed by atoms with Gasteiger partial charge in [-0.2, -0.15) is 0 Å². The summed E-state index contributed by atoms with van der Waals surface area (Å²) in [5.41, 5.74) is -0.756. The van der Waals surface area contributed by atoms with E-state index in [4.69, 9.17) is 58.2 Å². The summed E-state index contributed by atoms with van der Waals surface area (Å²) in [6, 6.07) is 0. The van der Waals surface area contributed by atoms with Gasteiger partial charge in [-0.3, -0.25) is 0 Å². The topological polar surface area (TPSA) is 15.6 Å². The number of nitrogens with zero attached hydrogens (tertiary/aromatic N) is 2. The first-order chi connectivity index (χ1) is 5.04. The minimum absolute atomic E-state index is 0. The third-order valence-electron chi connectivity index (χ3n) is 0.958. The van der Waals surface area contributed by atoms with Crippen molar-refractivity contribution < 1.29 is 0 Å². The third kappa shape index (κ3) is 3.16. The van der Waals surface area contributed by atoms with E-state index in [-0.39, 0.29) is 66.9 Å². The van der Waals surface area contributed by atoms with Gasteiger partial charge >= 0.3 is 0 Å². The fourth-order valence-corrected chi connectivity index (χ4v) is 1.48. The molecule has 0 aromatic carbocycles. The first-order valence-corrected chi connectivity index (χ1v) is 4.33. The largest absolute Gasteiger partial charge is 0.247 e. The summed E-state index contributed by atoms with van der Waals surface area (Å²) in [6.45, 7) is 0. The predicted octanol–water partition coefficient (Wildman–Crippen LogP) is 2.88. The number of hydrogen-bond donors (Lipinski definition) is 0. The zero-order chi connectivity index (χ0) is 8.59. The van der Waals surface area contributed by atoms with Crippen LogP contribution in [0.2, 0.25) is 0 Å². The van der Waals surface area contributed by atoms with Crippen molar-refractivity contribution in [3.8, 4) is 0 Å². The van der Waals surface area contributed by atoms with E-state index in [1.54, 1.807) is 0 Å². The Labute approximate surface area is 137 Å². The van der Waals surface area contributed by atoms with Crippen LogP contribution < -0.4 is 0 Å². The van der Waals surface area contributed by atoms with Gasteiger partial charge in [-0.05, 0) is 0 Å². The predicted molar refractivity (Wildman–Crippen MR) is 55.1 cm³/mol. The summed E-state index contributed by atoms with van der Waals surface area (Å²) < 4.78 is 1.00. The summed E-state index contributed by atoms with van der Waals surface area (Å²) in [5, 5.41) is 0.192. The molecule has 8 heteroatoms. The van der Waals surface area contributed by atoms with E-state index in [0.29, 0.717) is 0 Å². The molecule has 2 nitrogen and oxygen atoms in total. The molecular weight excluding hydrogens is 292 g/mol. The monoisotopic (exact) mass is 291 g/mol. The standard InChI is InChI=1S/C4HCl5N2.K/c5-1-3(7)11(9)4(8)2(6)10-1;/h3H;. The van der Waals surface area contributed by atoms with Gasteiger partial charge in [-0.1, -0.05) is 46.4 Å². The van der Waals surface area contributed by atoms with E-state index in [1.165, 1.54) is 0 Å². The zero-order valence-corrected chi connectivity index (χ0v) is 12.8. The molecule has 0 N–H and O–H groups in total. The second-order valence-electron chi connectivity index (χ2n) is 1.66. The van der Waals surface area contributed by atoms with Crippen molar-refractivity contribution >= 4 is 115 Å². The molecule has 1 unspecified atom stereocenters. The molecule has 1 aliphatic heterocycles. The Morgan fingerprint density at radius 2 is 1.75 bits per heavy atom. The smallest absolute Gasteiger partial charge is 0.173 e. The van der Waals surface area contributed by atoms with Crippen molar-refractivity contribution in [1.29, 1.82) is 0 Å². The minimum atomic E-state index is -0.756. The quantitative estimate of drug-likeness (QED) is 0.290. The summed E-state index contributed by atoms with van der Waals surface area (Å²) in [4.78, 5) is 3.63. The SMILES string of the molecule is ClC1=NC(Cl)=C(Cl)N(Cl)C1Cl.[K]. The Balaban J connectivity index is 0.00000121. The second kappa shape index (κ2) is 6.01. The molecule has 1 rings (SSSR count). The average molecular weight is 293 g/mol. The van der Waals surface area contributed by atoms with Crippen LogP contribution in [0.25, 0.3) is 0 Å². The summed E-state index contributed by atoms with van der Waals surface area (Å²) in [5.74, 6) is 0. The third-order valence-corrected chi connectivity index (χ3v) is 3.04. The Bertz CT molecular complexity index is 240. The number of aliphatic imine (C=N–C) groups is 1. The van der Waals surface area contributed by atoms with E-state index in [0.717, 1.165) is 4.42 Å². The van der Waals surface area contributed by atoms with Crippen molar-refractivity contribution in [3.63, 3.8) is 0 Å². The zero-order valence-electron chi connectivity index (χ0n) is 5.86. The summed E-state index contributed by atoms with van der Waals surface area (Å²) in [6.07, 6.45) is 0. The summed E-state index contributed by atoms with van der Waals surface area (Å²) >= 11 is 27.8. The van der Waals surface area contributed by atoms with Gasteiger partial charge in [0.15, 0.2) is 15.8 Å². The molecule has 1 radical (unpaired) electrons. The first-order valence-electron chi connectivity index (χ1n) is 2.42. The van der Waals surface area contributed by atoms with Gasteiger partial charge in [0.2, 0.25) is 0 Å². The van der Waals surface area contributed by atoms with Gasteiger partial charge in [0.1, 0.15) is 5.17 Å². The van der Waals surface area contributed by atoms with Gasteiger partial charge in [0, 0.05) is 63.2 Å². The van der Waals surface area contributed by atoms with Gasteiger partial charge in [-0.25, -0.2) is 9.41 Å².